The molecule has 1 unspecified atom stereocenters. The summed E-state index contributed by atoms with van der Waals surface area (Å²) in [5.41, 5.74) is 3.66. The summed E-state index contributed by atoms with van der Waals surface area (Å²) in [4.78, 5) is 0. The van der Waals surface area contributed by atoms with E-state index in [9.17, 15) is 0 Å². The summed E-state index contributed by atoms with van der Waals surface area (Å²) in [5.74, 6) is 5.49. The van der Waals surface area contributed by atoms with Crippen LogP contribution in [0.1, 0.15) is 31.5 Å². The van der Waals surface area contributed by atoms with Gasteiger partial charge in [-0.05, 0) is 12.8 Å². The SMILES string of the molecule is C=CCC(NN)c1c(Cl)cnn1CCC. The Morgan fingerprint density at radius 2 is 2.53 bits per heavy atom. The van der Waals surface area contributed by atoms with Gasteiger partial charge in [0.2, 0.25) is 0 Å². The van der Waals surface area contributed by atoms with Gasteiger partial charge in [0.15, 0.2) is 0 Å². The lowest BCUT2D eigenvalue weighted by Gasteiger charge is -2.16. The Bertz CT molecular complexity index is 321. The molecule has 1 atom stereocenters. The third kappa shape index (κ3) is 2.81. The largest absolute Gasteiger partial charge is 0.271 e. The number of hydrogen-bond acceptors (Lipinski definition) is 3. The van der Waals surface area contributed by atoms with Crippen molar-refractivity contribution in [2.24, 2.45) is 5.84 Å². The molecule has 3 N–H and O–H groups in total. The maximum Gasteiger partial charge on any atom is 0.0834 e. The van der Waals surface area contributed by atoms with E-state index in [1.54, 1.807) is 6.20 Å². The van der Waals surface area contributed by atoms with Crippen molar-refractivity contribution in [1.29, 1.82) is 0 Å². The average molecular weight is 229 g/mol. The Balaban J connectivity index is 2.96. The first-order chi connectivity index (χ1) is 7.24. The highest BCUT2D eigenvalue weighted by atomic mass is 35.5. The normalized spacial score (nSPS) is 12.7. The zero-order chi connectivity index (χ0) is 11.3. The number of nitrogens with zero attached hydrogens (tertiary/aromatic N) is 2. The molecule has 0 bridgehead atoms. The van der Waals surface area contributed by atoms with Gasteiger partial charge in [0.05, 0.1) is 23.0 Å². The van der Waals surface area contributed by atoms with Crippen LogP contribution in [0.3, 0.4) is 0 Å². The predicted molar refractivity (Wildman–Crippen MR) is 62.4 cm³/mol. The molecule has 0 radical (unpaired) electrons. The van der Waals surface area contributed by atoms with Gasteiger partial charge in [-0.3, -0.25) is 16.0 Å². The molecule has 5 heteroatoms. The van der Waals surface area contributed by atoms with Gasteiger partial charge in [0.25, 0.3) is 0 Å². The zero-order valence-electron chi connectivity index (χ0n) is 8.91. The Morgan fingerprint density at radius 3 is 3.07 bits per heavy atom. The standard InChI is InChI=1S/C10H17ClN4/c1-3-5-9(14-12)10-8(11)7-13-15(10)6-4-2/h3,7,9,14H,1,4-6,12H2,2H3. The van der Waals surface area contributed by atoms with Crippen molar-refractivity contribution in [1.82, 2.24) is 15.2 Å². The topological polar surface area (TPSA) is 55.9 Å². The van der Waals surface area contributed by atoms with Crippen LogP contribution in [-0.2, 0) is 6.54 Å². The van der Waals surface area contributed by atoms with Crippen LogP contribution in [0.4, 0.5) is 0 Å². The van der Waals surface area contributed by atoms with Crippen molar-refractivity contribution in [2.75, 3.05) is 0 Å². The Morgan fingerprint density at radius 1 is 1.80 bits per heavy atom. The van der Waals surface area contributed by atoms with Crippen molar-refractivity contribution < 1.29 is 0 Å². The van der Waals surface area contributed by atoms with Gasteiger partial charge in [0, 0.05) is 6.54 Å². The predicted octanol–water partition coefficient (Wildman–Crippen LogP) is 2.03. The molecule has 0 aliphatic rings. The second-order valence-electron chi connectivity index (χ2n) is 3.34. The monoisotopic (exact) mass is 228 g/mol. The number of rotatable bonds is 6. The molecule has 1 aromatic heterocycles. The first kappa shape index (κ1) is 12.2. The van der Waals surface area contributed by atoms with E-state index < -0.39 is 0 Å². The molecule has 0 aromatic carbocycles. The van der Waals surface area contributed by atoms with Gasteiger partial charge in [0.1, 0.15) is 0 Å². The number of aromatic nitrogens is 2. The van der Waals surface area contributed by atoms with Crippen LogP contribution in [0.5, 0.6) is 0 Å². The smallest absolute Gasteiger partial charge is 0.0834 e. The molecule has 0 aliphatic heterocycles. The van der Waals surface area contributed by atoms with E-state index in [1.807, 2.05) is 10.8 Å². The van der Waals surface area contributed by atoms with Crippen LogP contribution in [0.15, 0.2) is 18.9 Å². The van der Waals surface area contributed by atoms with Gasteiger partial charge in [-0.25, -0.2) is 0 Å². The Labute approximate surface area is 95.1 Å². The number of hydrogen-bond donors (Lipinski definition) is 2. The molecule has 4 nitrogen and oxygen atoms in total. The van der Waals surface area contributed by atoms with Crippen LogP contribution in [0.25, 0.3) is 0 Å². The summed E-state index contributed by atoms with van der Waals surface area (Å²) in [6.07, 6.45) is 5.20. The lowest BCUT2D eigenvalue weighted by Crippen LogP contribution is -2.29. The van der Waals surface area contributed by atoms with E-state index >= 15 is 0 Å². The molecule has 0 saturated heterocycles. The van der Waals surface area contributed by atoms with E-state index in [4.69, 9.17) is 17.4 Å². The summed E-state index contributed by atoms with van der Waals surface area (Å²) in [6, 6.07) is -0.0240. The minimum atomic E-state index is -0.0240. The fraction of sp³-hybridized carbons (Fsp3) is 0.500. The second-order valence-corrected chi connectivity index (χ2v) is 3.75. The van der Waals surface area contributed by atoms with Crippen LogP contribution in [0.2, 0.25) is 5.02 Å². The quantitative estimate of drug-likeness (QED) is 0.445. The maximum atomic E-state index is 6.08. The Hall–Kier alpha value is -0.840. The number of nitrogens with two attached hydrogens (primary N) is 1. The number of halogens is 1. The molecule has 0 saturated carbocycles. The van der Waals surface area contributed by atoms with Gasteiger partial charge in [-0.2, -0.15) is 5.10 Å². The number of nitrogens with one attached hydrogen (secondary N) is 1. The Kier molecular flexibility index (Phi) is 4.81. The first-order valence-electron chi connectivity index (χ1n) is 5.02. The lowest BCUT2D eigenvalue weighted by molar-refractivity contribution is 0.483. The van der Waals surface area contributed by atoms with E-state index in [1.165, 1.54) is 0 Å². The highest BCUT2D eigenvalue weighted by molar-refractivity contribution is 6.31. The molecule has 0 aliphatic carbocycles. The summed E-state index contributed by atoms with van der Waals surface area (Å²) >= 11 is 6.08. The van der Waals surface area contributed by atoms with Crippen LogP contribution in [-0.4, -0.2) is 9.78 Å². The fourth-order valence-corrected chi connectivity index (χ4v) is 1.81. The van der Waals surface area contributed by atoms with E-state index in [0.717, 1.165) is 25.1 Å². The maximum absolute atomic E-state index is 6.08. The fourth-order valence-electron chi connectivity index (χ4n) is 1.53. The van der Waals surface area contributed by atoms with Crippen molar-refractivity contribution in [2.45, 2.75) is 32.4 Å². The van der Waals surface area contributed by atoms with E-state index in [2.05, 4.69) is 24.0 Å². The highest BCUT2D eigenvalue weighted by Gasteiger charge is 2.17. The average Bonchev–Trinajstić information content (AvgIpc) is 2.58. The lowest BCUT2D eigenvalue weighted by atomic mass is 10.1. The number of hydrazine groups is 1. The third-order valence-corrected chi connectivity index (χ3v) is 2.49. The van der Waals surface area contributed by atoms with Crippen LogP contribution >= 0.6 is 11.6 Å². The molecule has 1 aromatic rings. The molecule has 1 rings (SSSR count). The van der Waals surface area contributed by atoms with Crippen molar-refractivity contribution in [3.05, 3.63) is 29.6 Å². The molecule has 15 heavy (non-hydrogen) atoms. The molecular formula is C10H17ClN4. The minimum Gasteiger partial charge on any atom is -0.271 e. The number of aryl methyl sites for hydroxylation is 1. The van der Waals surface area contributed by atoms with Crippen LogP contribution in [0, 0.1) is 0 Å². The molecule has 0 amide bonds. The van der Waals surface area contributed by atoms with Crippen molar-refractivity contribution in [3.8, 4) is 0 Å². The van der Waals surface area contributed by atoms with Crippen molar-refractivity contribution >= 4 is 11.6 Å². The van der Waals surface area contributed by atoms with Crippen LogP contribution < -0.4 is 11.3 Å². The van der Waals surface area contributed by atoms with Gasteiger partial charge >= 0.3 is 0 Å². The molecular weight excluding hydrogens is 212 g/mol. The van der Waals surface area contributed by atoms with Gasteiger partial charge in [-0.1, -0.05) is 24.6 Å². The second kappa shape index (κ2) is 5.90. The summed E-state index contributed by atoms with van der Waals surface area (Å²) in [7, 11) is 0. The molecule has 84 valence electrons. The third-order valence-electron chi connectivity index (χ3n) is 2.20. The summed E-state index contributed by atoms with van der Waals surface area (Å²) in [6.45, 7) is 6.63. The zero-order valence-corrected chi connectivity index (χ0v) is 9.67. The van der Waals surface area contributed by atoms with Gasteiger partial charge in [-0.15, -0.1) is 6.58 Å². The van der Waals surface area contributed by atoms with E-state index in [0.29, 0.717) is 5.02 Å². The first-order valence-corrected chi connectivity index (χ1v) is 5.40. The van der Waals surface area contributed by atoms with E-state index in [-0.39, 0.29) is 6.04 Å². The van der Waals surface area contributed by atoms with Gasteiger partial charge < -0.3 is 0 Å². The molecule has 0 fully saturated rings. The molecule has 1 heterocycles. The summed E-state index contributed by atoms with van der Waals surface area (Å²) in [5, 5.41) is 4.86. The minimum absolute atomic E-state index is 0.0240. The highest BCUT2D eigenvalue weighted by Crippen LogP contribution is 2.24. The van der Waals surface area contributed by atoms with Crippen molar-refractivity contribution in [3.63, 3.8) is 0 Å². The molecule has 0 spiro atoms. The summed E-state index contributed by atoms with van der Waals surface area (Å²) < 4.78 is 1.89.